The monoisotopic (exact) mass is 202 g/mol. The number of halogens is 1. The van der Waals surface area contributed by atoms with Crippen LogP contribution in [0.3, 0.4) is 0 Å². The van der Waals surface area contributed by atoms with Crippen molar-refractivity contribution in [1.29, 1.82) is 0 Å². The zero-order valence-electron chi connectivity index (χ0n) is 8.37. The Labute approximate surface area is 87.8 Å². The van der Waals surface area contributed by atoms with Gasteiger partial charge in [0.05, 0.1) is 0 Å². The molecule has 0 spiro atoms. The van der Waals surface area contributed by atoms with Crippen LogP contribution in [0.1, 0.15) is 5.56 Å². The van der Waals surface area contributed by atoms with E-state index in [1.807, 2.05) is 19.1 Å². The van der Waals surface area contributed by atoms with E-state index < -0.39 is 0 Å². The van der Waals surface area contributed by atoms with Crippen LogP contribution < -0.4 is 0 Å². The molecule has 0 fully saturated rings. The summed E-state index contributed by atoms with van der Waals surface area (Å²) in [6.07, 6.45) is 0. The molecule has 0 aromatic heterocycles. The molecule has 76 valence electrons. The van der Waals surface area contributed by atoms with Crippen LogP contribution in [0.5, 0.6) is 5.75 Å². The van der Waals surface area contributed by atoms with Crippen LogP contribution in [0, 0.1) is 12.7 Å². The summed E-state index contributed by atoms with van der Waals surface area (Å²) in [7, 11) is 0. The van der Waals surface area contributed by atoms with E-state index in [0.717, 1.165) is 16.7 Å². The maximum absolute atomic E-state index is 12.7. The zero-order chi connectivity index (χ0) is 10.8. The van der Waals surface area contributed by atoms with Crippen molar-refractivity contribution in [2.75, 3.05) is 0 Å². The van der Waals surface area contributed by atoms with Gasteiger partial charge in [-0.15, -0.1) is 0 Å². The highest BCUT2D eigenvalue weighted by Gasteiger charge is 2.04. The Kier molecular flexibility index (Phi) is 2.42. The molecule has 2 aromatic carbocycles. The minimum absolute atomic E-state index is 0.215. The SMILES string of the molecule is Cc1ccc(O)c(-c2ccc(F)cc2)c1. The summed E-state index contributed by atoms with van der Waals surface area (Å²) in [5, 5.41) is 9.66. The van der Waals surface area contributed by atoms with Gasteiger partial charge in [0.1, 0.15) is 11.6 Å². The van der Waals surface area contributed by atoms with Gasteiger partial charge in [-0.1, -0.05) is 23.8 Å². The van der Waals surface area contributed by atoms with Crippen molar-refractivity contribution in [3.8, 4) is 16.9 Å². The minimum atomic E-state index is -0.272. The number of aromatic hydroxyl groups is 1. The lowest BCUT2D eigenvalue weighted by molar-refractivity contribution is 0.477. The van der Waals surface area contributed by atoms with Crippen LogP contribution in [0.15, 0.2) is 42.5 Å². The van der Waals surface area contributed by atoms with Crippen LogP contribution in [-0.2, 0) is 0 Å². The molecule has 0 aliphatic rings. The van der Waals surface area contributed by atoms with Gasteiger partial charge >= 0.3 is 0 Å². The number of benzene rings is 2. The first kappa shape index (κ1) is 9.71. The van der Waals surface area contributed by atoms with Gasteiger partial charge in [-0.05, 0) is 36.8 Å². The van der Waals surface area contributed by atoms with Crippen molar-refractivity contribution in [2.45, 2.75) is 6.92 Å². The van der Waals surface area contributed by atoms with Crippen molar-refractivity contribution in [1.82, 2.24) is 0 Å². The summed E-state index contributed by atoms with van der Waals surface area (Å²) < 4.78 is 12.7. The normalized spacial score (nSPS) is 10.3. The Bertz CT molecular complexity index is 474. The van der Waals surface area contributed by atoms with Gasteiger partial charge in [0.2, 0.25) is 0 Å². The molecule has 2 heteroatoms. The third-order valence-electron chi connectivity index (χ3n) is 2.31. The lowest BCUT2D eigenvalue weighted by atomic mass is 10.0. The van der Waals surface area contributed by atoms with Crippen molar-refractivity contribution in [3.05, 3.63) is 53.8 Å². The average molecular weight is 202 g/mol. The molecule has 0 bridgehead atoms. The molecule has 0 atom stereocenters. The number of aryl methyl sites for hydroxylation is 1. The molecule has 2 rings (SSSR count). The van der Waals surface area contributed by atoms with E-state index >= 15 is 0 Å². The van der Waals surface area contributed by atoms with E-state index in [2.05, 4.69) is 0 Å². The molecule has 1 N–H and O–H groups in total. The maximum Gasteiger partial charge on any atom is 0.123 e. The summed E-state index contributed by atoms with van der Waals surface area (Å²) in [6, 6.07) is 11.4. The van der Waals surface area contributed by atoms with Crippen molar-refractivity contribution >= 4 is 0 Å². The Morgan fingerprint density at radius 2 is 1.67 bits per heavy atom. The van der Waals surface area contributed by atoms with E-state index in [4.69, 9.17) is 0 Å². The summed E-state index contributed by atoms with van der Waals surface area (Å²) in [6.45, 7) is 1.95. The Morgan fingerprint density at radius 3 is 2.33 bits per heavy atom. The van der Waals surface area contributed by atoms with Gasteiger partial charge in [0.25, 0.3) is 0 Å². The number of rotatable bonds is 1. The second-order valence-electron chi connectivity index (χ2n) is 3.53. The highest BCUT2D eigenvalue weighted by Crippen LogP contribution is 2.29. The Morgan fingerprint density at radius 1 is 1.00 bits per heavy atom. The molecule has 1 nitrogen and oxygen atoms in total. The van der Waals surface area contributed by atoms with E-state index in [9.17, 15) is 9.50 Å². The maximum atomic E-state index is 12.7. The van der Waals surface area contributed by atoms with Crippen LogP contribution in [0.2, 0.25) is 0 Å². The topological polar surface area (TPSA) is 20.2 Å². The first-order chi connectivity index (χ1) is 7.16. The largest absolute Gasteiger partial charge is 0.507 e. The molecule has 0 saturated carbocycles. The van der Waals surface area contributed by atoms with E-state index in [0.29, 0.717) is 0 Å². The van der Waals surface area contributed by atoms with Crippen LogP contribution in [0.25, 0.3) is 11.1 Å². The van der Waals surface area contributed by atoms with Gasteiger partial charge in [-0.2, -0.15) is 0 Å². The van der Waals surface area contributed by atoms with E-state index in [-0.39, 0.29) is 11.6 Å². The van der Waals surface area contributed by atoms with Crippen molar-refractivity contribution in [2.24, 2.45) is 0 Å². The molecule has 0 radical (unpaired) electrons. The van der Waals surface area contributed by atoms with Gasteiger partial charge in [-0.25, -0.2) is 4.39 Å². The fourth-order valence-corrected chi connectivity index (χ4v) is 1.51. The third kappa shape index (κ3) is 1.99. The molecular formula is C13H11FO. The molecule has 15 heavy (non-hydrogen) atoms. The summed E-state index contributed by atoms with van der Waals surface area (Å²) in [5.41, 5.74) is 2.61. The molecule has 0 saturated heterocycles. The fraction of sp³-hybridized carbons (Fsp3) is 0.0769. The second-order valence-corrected chi connectivity index (χ2v) is 3.53. The smallest absolute Gasteiger partial charge is 0.123 e. The van der Waals surface area contributed by atoms with Gasteiger partial charge in [0, 0.05) is 5.56 Å². The predicted molar refractivity (Wildman–Crippen MR) is 58.2 cm³/mol. The van der Waals surface area contributed by atoms with Crippen LogP contribution >= 0.6 is 0 Å². The molecule has 0 unspecified atom stereocenters. The third-order valence-corrected chi connectivity index (χ3v) is 2.31. The molecule has 0 aliphatic carbocycles. The lowest BCUT2D eigenvalue weighted by Gasteiger charge is -2.05. The Balaban J connectivity index is 2.53. The average Bonchev–Trinajstić information content (AvgIpc) is 2.23. The molecule has 0 amide bonds. The summed E-state index contributed by atoms with van der Waals surface area (Å²) in [4.78, 5) is 0. The predicted octanol–water partition coefficient (Wildman–Crippen LogP) is 3.51. The summed E-state index contributed by atoms with van der Waals surface area (Å²) >= 11 is 0. The highest BCUT2D eigenvalue weighted by atomic mass is 19.1. The van der Waals surface area contributed by atoms with Crippen molar-refractivity contribution < 1.29 is 9.50 Å². The fourth-order valence-electron chi connectivity index (χ4n) is 1.51. The number of phenolic OH excluding ortho intramolecular Hbond substituents is 1. The first-order valence-corrected chi connectivity index (χ1v) is 4.72. The summed E-state index contributed by atoms with van der Waals surface area (Å²) in [5.74, 6) is -0.0573. The van der Waals surface area contributed by atoms with E-state index in [1.54, 1.807) is 18.2 Å². The molecule has 2 aromatic rings. The number of hydrogen-bond donors (Lipinski definition) is 1. The van der Waals surface area contributed by atoms with Crippen LogP contribution in [0.4, 0.5) is 4.39 Å². The Hall–Kier alpha value is -1.83. The van der Waals surface area contributed by atoms with Gasteiger partial charge in [0.15, 0.2) is 0 Å². The molecular weight excluding hydrogens is 191 g/mol. The van der Waals surface area contributed by atoms with Crippen LogP contribution in [-0.4, -0.2) is 5.11 Å². The molecule has 0 heterocycles. The zero-order valence-corrected chi connectivity index (χ0v) is 8.37. The number of hydrogen-bond acceptors (Lipinski definition) is 1. The van der Waals surface area contributed by atoms with E-state index in [1.165, 1.54) is 12.1 Å². The lowest BCUT2D eigenvalue weighted by Crippen LogP contribution is -1.81. The minimum Gasteiger partial charge on any atom is -0.507 e. The van der Waals surface area contributed by atoms with Gasteiger partial charge < -0.3 is 5.11 Å². The van der Waals surface area contributed by atoms with Gasteiger partial charge in [-0.3, -0.25) is 0 Å². The number of phenols is 1. The highest BCUT2D eigenvalue weighted by molar-refractivity contribution is 5.70. The standard InChI is InChI=1S/C13H11FO/c1-9-2-7-13(15)12(8-9)10-3-5-11(14)6-4-10/h2-8,15H,1H3. The van der Waals surface area contributed by atoms with Crippen molar-refractivity contribution in [3.63, 3.8) is 0 Å². The quantitative estimate of drug-likeness (QED) is 0.750. The first-order valence-electron chi connectivity index (χ1n) is 4.72. The second kappa shape index (κ2) is 3.73. The molecule has 0 aliphatic heterocycles.